The molecule has 1 amide bonds. The number of carbonyl (C=O) groups is 2. The molecule has 1 aliphatic rings. The van der Waals surface area contributed by atoms with Crippen LogP contribution in [0.1, 0.15) is 45.3 Å². The normalized spacial score (nSPS) is 16.8. The first-order chi connectivity index (χ1) is 14.0. The van der Waals surface area contributed by atoms with Crippen LogP contribution >= 0.6 is 11.3 Å². The van der Waals surface area contributed by atoms with Gasteiger partial charge in [-0.05, 0) is 51.0 Å². The zero-order valence-corrected chi connectivity index (χ0v) is 17.5. The number of nitrogens with zero attached hydrogens (tertiary/aromatic N) is 2. The third-order valence-corrected chi connectivity index (χ3v) is 6.42. The number of esters is 1. The van der Waals surface area contributed by atoms with E-state index in [1.807, 2.05) is 38.1 Å². The number of aryl methyl sites for hydroxylation is 2. The molecule has 0 aliphatic carbocycles. The maximum absolute atomic E-state index is 12.6. The van der Waals surface area contributed by atoms with E-state index in [0.717, 1.165) is 34.5 Å². The molecule has 1 saturated heterocycles. The van der Waals surface area contributed by atoms with Crippen molar-refractivity contribution in [3.8, 4) is 0 Å². The number of amides is 1. The Morgan fingerprint density at radius 1 is 1.17 bits per heavy atom. The predicted molar refractivity (Wildman–Crippen MR) is 114 cm³/mol. The number of likely N-dealkylation sites (tertiary alicyclic amines) is 1. The lowest BCUT2D eigenvalue weighted by Gasteiger charge is -2.31. The van der Waals surface area contributed by atoms with Crippen LogP contribution in [0.3, 0.4) is 0 Å². The first-order valence-electron chi connectivity index (χ1n) is 9.88. The van der Waals surface area contributed by atoms with Gasteiger partial charge in [0, 0.05) is 19.0 Å². The van der Waals surface area contributed by atoms with Crippen molar-refractivity contribution in [2.24, 2.45) is 0 Å². The molecule has 1 atom stereocenters. The Labute approximate surface area is 174 Å². The highest BCUT2D eigenvalue weighted by molar-refractivity contribution is 7.18. The molecule has 1 aliphatic heterocycles. The van der Waals surface area contributed by atoms with Crippen molar-refractivity contribution in [2.75, 3.05) is 19.7 Å². The van der Waals surface area contributed by atoms with E-state index in [4.69, 9.17) is 9.72 Å². The van der Waals surface area contributed by atoms with Gasteiger partial charge >= 0.3 is 5.97 Å². The quantitative estimate of drug-likeness (QED) is 0.598. The van der Waals surface area contributed by atoms with Gasteiger partial charge in [0.2, 0.25) is 0 Å². The molecule has 4 rings (SSSR count). The van der Waals surface area contributed by atoms with Crippen LogP contribution in [0.2, 0.25) is 0 Å². The minimum atomic E-state index is -0.454. The Kier molecular flexibility index (Phi) is 5.62. The largest absolute Gasteiger partial charge is 0.452 e. The molecule has 0 unspecified atom stereocenters. The van der Waals surface area contributed by atoms with Crippen molar-refractivity contribution < 1.29 is 14.3 Å². The van der Waals surface area contributed by atoms with Crippen molar-refractivity contribution in [2.45, 2.75) is 32.6 Å². The second kappa shape index (κ2) is 8.33. The molecule has 0 spiro atoms. The van der Waals surface area contributed by atoms with Crippen LogP contribution in [0.25, 0.3) is 10.2 Å². The molecule has 0 N–H and O–H groups in total. The van der Waals surface area contributed by atoms with E-state index in [1.54, 1.807) is 28.4 Å². The third-order valence-electron chi connectivity index (χ3n) is 5.22. The molecular weight excluding hydrogens is 384 g/mol. The van der Waals surface area contributed by atoms with E-state index in [1.165, 1.54) is 4.70 Å². The van der Waals surface area contributed by atoms with Crippen LogP contribution in [0, 0.1) is 13.8 Å². The van der Waals surface area contributed by atoms with Crippen LogP contribution in [0.15, 0.2) is 42.5 Å². The van der Waals surface area contributed by atoms with Crippen LogP contribution in [0.4, 0.5) is 0 Å². The summed E-state index contributed by atoms with van der Waals surface area (Å²) in [4.78, 5) is 31.5. The van der Waals surface area contributed by atoms with Crippen molar-refractivity contribution in [1.82, 2.24) is 9.88 Å². The second-order valence-electron chi connectivity index (χ2n) is 7.65. The Balaban J connectivity index is 1.37. The standard InChI is InChI=1S/C23H24N2O3S/c1-15-10-16(2)12-18(11-15)23(27)28-14-21(26)25-9-5-6-17(13-25)22-24-19-7-3-4-8-20(19)29-22/h3-4,7-8,10-12,17H,5-6,9,13-14H2,1-2H3/t17-/m0/s1. The van der Waals surface area contributed by atoms with E-state index in [9.17, 15) is 9.59 Å². The zero-order chi connectivity index (χ0) is 20.4. The minimum Gasteiger partial charge on any atom is -0.452 e. The van der Waals surface area contributed by atoms with Gasteiger partial charge in [0.05, 0.1) is 20.8 Å². The Morgan fingerprint density at radius 3 is 2.69 bits per heavy atom. The van der Waals surface area contributed by atoms with E-state index in [0.29, 0.717) is 18.7 Å². The average Bonchev–Trinajstić information content (AvgIpc) is 3.15. The topological polar surface area (TPSA) is 59.5 Å². The van der Waals surface area contributed by atoms with Gasteiger partial charge < -0.3 is 9.64 Å². The Hall–Kier alpha value is -2.73. The molecule has 0 bridgehead atoms. The van der Waals surface area contributed by atoms with Gasteiger partial charge in [0.1, 0.15) is 0 Å². The fourth-order valence-corrected chi connectivity index (χ4v) is 4.96. The van der Waals surface area contributed by atoms with Crippen molar-refractivity contribution in [1.29, 1.82) is 0 Å². The van der Waals surface area contributed by atoms with E-state index in [-0.39, 0.29) is 18.4 Å². The van der Waals surface area contributed by atoms with Crippen LogP contribution in [0.5, 0.6) is 0 Å². The molecule has 0 radical (unpaired) electrons. The Bertz CT molecular complexity index is 1010. The summed E-state index contributed by atoms with van der Waals surface area (Å²) in [6, 6.07) is 13.7. The molecule has 1 fully saturated rings. The Morgan fingerprint density at radius 2 is 1.93 bits per heavy atom. The van der Waals surface area contributed by atoms with Crippen molar-refractivity contribution in [3.63, 3.8) is 0 Å². The molecule has 29 heavy (non-hydrogen) atoms. The first kappa shape index (κ1) is 19.6. The summed E-state index contributed by atoms with van der Waals surface area (Å²) in [5.74, 6) is -0.362. The highest BCUT2D eigenvalue weighted by atomic mass is 32.1. The fraction of sp³-hybridized carbons (Fsp3) is 0.348. The fourth-order valence-electron chi connectivity index (χ4n) is 3.86. The number of para-hydroxylation sites is 1. The van der Waals surface area contributed by atoms with Gasteiger partial charge in [-0.1, -0.05) is 29.3 Å². The van der Waals surface area contributed by atoms with E-state index in [2.05, 4.69) is 6.07 Å². The monoisotopic (exact) mass is 408 g/mol. The SMILES string of the molecule is Cc1cc(C)cc(C(=O)OCC(=O)N2CCC[C@H](c3nc4ccccc4s3)C2)c1. The van der Waals surface area contributed by atoms with E-state index >= 15 is 0 Å². The van der Waals surface area contributed by atoms with Gasteiger partial charge in [0.25, 0.3) is 5.91 Å². The average molecular weight is 409 g/mol. The van der Waals surface area contributed by atoms with Crippen LogP contribution in [-0.4, -0.2) is 41.5 Å². The number of thiazole rings is 1. The molecule has 3 aromatic rings. The molecular formula is C23H24N2O3S. The number of hydrogen-bond donors (Lipinski definition) is 0. The molecule has 0 saturated carbocycles. The number of benzene rings is 2. The number of aromatic nitrogens is 1. The van der Waals surface area contributed by atoms with Gasteiger partial charge in [-0.3, -0.25) is 4.79 Å². The molecule has 2 aromatic carbocycles. The summed E-state index contributed by atoms with van der Waals surface area (Å²) in [5.41, 5.74) is 3.50. The number of rotatable bonds is 4. The summed E-state index contributed by atoms with van der Waals surface area (Å²) in [7, 11) is 0. The molecule has 1 aromatic heterocycles. The smallest absolute Gasteiger partial charge is 0.338 e. The third kappa shape index (κ3) is 4.48. The summed E-state index contributed by atoms with van der Waals surface area (Å²) in [6.45, 7) is 4.97. The van der Waals surface area contributed by atoms with Crippen LogP contribution < -0.4 is 0 Å². The summed E-state index contributed by atoms with van der Waals surface area (Å²) in [5, 5.41) is 1.08. The molecule has 2 heterocycles. The van der Waals surface area contributed by atoms with Gasteiger partial charge in [0.15, 0.2) is 6.61 Å². The second-order valence-corrected chi connectivity index (χ2v) is 8.71. The number of fused-ring (bicyclic) bond motifs is 1. The lowest BCUT2D eigenvalue weighted by atomic mass is 9.99. The van der Waals surface area contributed by atoms with Crippen molar-refractivity contribution in [3.05, 3.63) is 64.2 Å². The zero-order valence-electron chi connectivity index (χ0n) is 16.7. The number of ether oxygens (including phenoxy) is 1. The highest BCUT2D eigenvalue weighted by Gasteiger charge is 2.27. The van der Waals surface area contributed by atoms with Crippen molar-refractivity contribution >= 4 is 33.4 Å². The molecule has 5 nitrogen and oxygen atoms in total. The lowest BCUT2D eigenvalue weighted by Crippen LogP contribution is -2.41. The maximum Gasteiger partial charge on any atom is 0.338 e. The molecule has 150 valence electrons. The first-order valence-corrected chi connectivity index (χ1v) is 10.7. The van der Waals surface area contributed by atoms with Gasteiger partial charge in [-0.25, -0.2) is 9.78 Å². The van der Waals surface area contributed by atoms with Gasteiger partial charge in [-0.2, -0.15) is 0 Å². The minimum absolute atomic E-state index is 0.145. The highest BCUT2D eigenvalue weighted by Crippen LogP contribution is 2.33. The molecule has 6 heteroatoms. The summed E-state index contributed by atoms with van der Waals surface area (Å²) in [6.07, 6.45) is 1.95. The number of hydrogen-bond acceptors (Lipinski definition) is 5. The maximum atomic E-state index is 12.6. The summed E-state index contributed by atoms with van der Waals surface area (Å²) < 4.78 is 6.47. The number of piperidine rings is 1. The lowest BCUT2D eigenvalue weighted by molar-refractivity contribution is -0.135. The van der Waals surface area contributed by atoms with Crippen LogP contribution in [-0.2, 0) is 9.53 Å². The number of carbonyl (C=O) groups excluding carboxylic acids is 2. The predicted octanol–water partition coefficient (Wildman–Crippen LogP) is 4.48. The van der Waals surface area contributed by atoms with E-state index < -0.39 is 5.97 Å². The summed E-state index contributed by atoms with van der Waals surface area (Å²) >= 11 is 1.70. The van der Waals surface area contributed by atoms with Gasteiger partial charge in [-0.15, -0.1) is 11.3 Å².